The van der Waals surface area contributed by atoms with Gasteiger partial charge in [0.25, 0.3) is 0 Å². The third-order valence-corrected chi connectivity index (χ3v) is 5.67. The Morgan fingerprint density at radius 2 is 0.967 bits per heavy atom. The summed E-state index contributed by atoms with van der Waals surface area (Å²) >= 11 is 0. The smallest absolute Gasteiger partial charge is 0.434 e. The van der Waals surface area contributed by atoms with E-state index in [-0.39, 0.29) is 0 Å². The summed E-state index contributed by atoms with van der Waals surface area (Å²) in [5, 5.41) is 0. The second-order valence-corrected chi connectivity index (χ2v) is 8.08. The molecule has 0 N–H and O–H groups in total. The minimum Gasteiger partial charge on any atom is -0.434 e. The zero-order valence-electron chi connectivity index (χ0n) is 20.2. The van der Waals surface area contributed by atoms with Crippen molar-refractivity contribution in [2.75, 3.05) is 13.2 Å². The van der Waals surface area contributed by atoms with Crippen LogP contribution in [-0.4, -0.2) is 37.7 Å². The summed E-state index contributed by atoms with van der Waals surface area (Å²) in [7, 11) is 0. The van der Waals surface area contributed by atoms with Crippen LogP contribution in [0.1, 0.15) is 106 Å². The van der Waals surface area contributed by atoms with Crippen LogP contribution in [0.5, 0.6) is 0 Å². The van der Waals surface area contributed by atoms with Gasteiger partial charge < -0.3 is 18.9 Å². The summed E-state index contributed by atoms with van der Waals surface area (Å²) in [5.74, 6) is 0.704. The van der Waals surface area contributed by atoms with Crippen LogP contribution >= 0.6 is 0 Å². The summed E-state index contributed by atoms with van der Waals surface area (Å²) in [4.78, 5) is 24.3. The molecule has 6 nitrogen and oxygen atoms in total. The quantitative estimate of drug-likeness (QED) is 0.226. The first-order valence-electron chi connectivity index (χ1n) is 12.1. The van der Waals surface area contributed by atoms with Gasteiger partial charge in [-0.2, -0.15) is 0 Å². The molecule has 0 rings (SSSR count). The summed E-state index contributed by atoms with van der Waals surface area (Å²) in [6, 6.07) is 0. The van der Waals surface area contributed by atoms with E-state index in [1.807, 2.05) is 13.8 Å². The zero-order chi connectivity index (χ0) is 22.8. The van der Waals surface area contributed by atoms with E-state index in [4.69, 9.17) is 18.9 Å². The minimum absolute atomic E-state index is 0.352. The first kappa shape index (κ1) is 28.5. The molecule has 178 valence electrons. The fourth-order valence-electron chi connectivity index (χ4n) is 3.33. The molecule has 4 unspecified atom stereocenters. The van der Waals surface area contributed by atoms with Crippen molar-refractivity contribution in [2.45, 2.75) is 118 Å². The molecule has 0 aromatic carbocycles. The van der Waals surface area contributed by atoms with E-state index < -0.39 is 24.5 Å². The molecule has 0 aliphatic heterocycles. The van der Waals surface area contributed by atoms with Crippen LogP contribution in [0.15, 0.2) is 0 Å². The van der Waals surface area contributed by atoms with Crippen molar-refractivity contribution in [3.05, 3.63) is 0 Å². The first-order valence-corrected chi connectivity index (χ1v) is 12.1. The monoisotopic (exact) mass is 430 g/mol. The molecule has 0 aliphatic rings. The Kier molecular flexibility index (Phi) is 17.4. The highest BCUT2D eigenvalue weighted by molar-refractivity contribution is 5.61. The van der Waals surface area contributed by atoms with Gasteiger partial charge in [0.15, 0.2) is 0 Å². The summed E-state index contributed by atoms with van der Waals surface area (Å²) in [5.41, 5.74) is 0. The normalized spacial score (nSPS) is 15.0. The maximum Gasteiger partial charge on any atom is 0.508 e. The standard InChI is InChI=1S/C24H46O6/c1-7-13-15-19(9-3)17-27-23(25)29-21(11-5)22(12-6)30-24(26)28-18-20(10-4)16-14-8-2/h19-22H,7-18H2,1-6H3. The summed E-state index contributed by atoms with van der Waals surface area (Å²) in [6.07, 6.45) is 7.09. The molecule has 0 aliphatic carbocycles. The van der Waals surface area contributed by atoms with Crippen LogP contribution < -0.4 is 0 Å². The Labute approximate surface area is 184 Å². The van der Waals surface area contributed by atoms with E-state index in [1.165, 1.54) is 0 Å². The molecular formula is C24H46O6. The van der Waals surface area contributed by atoms with Crippen molar-refractivity contribution in [3.63, 3.8) is 0 Å². The molecule has 0 amide bonds. The Bertz CT molecular complexity index is 399. The van der Waals surface area contributed by atoms with Crippen LogP contribution in [0.4, 0.5) is 9.59 Å². The topological polar surface area (TPSA) is 71.1 Å². The van der Waals surface area contributed by atoms with Gasteiger partial charge >= 0.3 is 12.3 Å². The van der Waals surface area contributed by atoms with Crippen molar-refractivity contribution < 1.29 is 28.5 Å². The van der Waals surface area contributed by atoms with Crippen molar-refractivity contribution in [3.8, 4) is 0 Å². The number of carbonyl (C=O) groups excluding carboxylic acids is 2. The van der Waals surface area contributed by atoms with E-state index in [1.54, 1.807) is 0 Å². The van der Waals surface area contributed by atoms with Crippen molar-refractivity contribution >= 4 is 12.3 Å². The van der Waals surface area contributed by atoms with Gasteiger partial charge in [-0.15, -0.1) is 0 Å². The van der Waals surface area contributed by atoms with Crippen LogP contribution in [0, 0.1) is 11.8 Å². The molecular weight excluding hydrogens is 384 g/mol. The molecule has 0 aromatic heterocycles. The molecule has 6 heteroatoms. The average molecular weight is 431 g/mol. The maximum absolute atomic E-state index is 12.2. The maximum atomic E-state index is 12.2. The van der Waals surface area contributed by atoms with Gasteiger partial charge in [0.1, 0.15) is 12.2 Å². The van der Waals surface area contributed by atoms with Gasteiger partial charge in [-0.3, -0.25) is 0 Å². The Morgan fingerprint density at radius 3 is 1.23 bits per heavy atom. The van der Waals surface area contributed by atoms with Crippen molar-refractivity contribution in [1.82, 2.24) is 0 Å². The fourth-order valence-corrected chi connectivity index (χ4v) is 3.33. The highest BCUT2D eigenvalue weighted by Gasteiger charge is 2.28. The second kappa shape index (κ2) is 18.3. The van der Waals surface area contributed by atoms with Crippen molar-refractivity contribution in [2.24, 2.45) is 11.8 Å². The average Bonchev–Trinajstić information content (AvgIpc) is 2.76. The largest absolute Gasteiger partial charge is 0.508 e. The Balaban J connectivity index is 4.51. The number of hydrogen-bond acceptors (Lipinski definition) is 6. The van der Waals surface area contributed by atoms with Gasteiger partial charge in [-0.25, -0.2) is 9.59 Å². The molecule has 0 radical (unpaired) electrons. The lowest BCUT2D eigenvalue weighted by atomic mass is 10.0. The first-order chi connectivity index (χ1) is 14.4. The van der Waals surface area contributed by atoms with Crippen LogP contribution in [0.25, 0.3) is 0 Å². The molecule has 0 bridgehead atoms. The predicted octanol–water partition coefficient (Wildman–Crippen LogP) is 7.28. The van der Waals surface area contributed by atoms with Gasteiger partial charge in [0.05, 0.1) is 13.2 Å². The molecule has 4 atom stereocenters. The zero-order valence-corrected chi connectivity index (χ0v) is 20.2. The molecule has 30 heavy (non-hydrogen) atoms. The van der Waals surface area contributed by atoms with E-state index in [9.17, 15) is 9.59 Å². The van der Waals surface area contributed by atoms with Gasteiger partial charge in [-0.05, 0) is 37.5 Å². The number of hydrogen-bond donors (Lipinski definition) is 0. The summed E-state index contributed by atoms with van der Waals surface area (Å²) < 4.78 is 21.6. The lowest BCUT2D eigenvalue weighted by molar-refractivity contribution is -0.0621. The highest BCUT2D eigenvalue weighted by Crippen LogP contribution is 2.18. The Morgan fingerprint density at radius 1 is 0.600 bits per heavy atom. The molecule has 0 aromatic rings. The number of unbranched alkanes of at least 4 members (excludes halogenated alkanes) is 2. The minimum atomic E-state index is -0.696. The third-order valence-electron chi connectivity index (χ3n) is 5.67. The predicted molar refractivity (Wildman–Crippen MR) is 120 cm³/mol. The van der Waals surface area contributed by atoms with E-state index in [0.717, 1.165) is 51.4 Å². The number of rotatable bonds is 17. The van der Waals surface area contributed by atoms with E-state index in [2.05, 4.69) is 27.7 Å². The lowest BCUT2D eigenvalue weighted by Crippen LogP contribution is -2.35. The highest BCUT2D eigenvalue weighted by atomic mass is 16.8. The molecule has 0 spiro atoms. The van der Waals surface area contributed by atoms with Crippen LogP contribution in [-0.2, 0) is 18.9 Å². The lowest BCUT2D eigenvalue weighted by Gasteiger charge is -2.25. The fraction of sp³-hybridized carbons (Fsp3) is 0.917. The second-order valence-electron chi connectivity index (χ2n) is 8.08. The third kappa shape index (κ3) is 13.0. The van der Waals surface area contributed by atoms with Gasteiger partial charge in [0.2, 0.25) is 0 Å². The Hall–Kier alpha value is -1.46. The van der Waals surface area contributed by atoms with Crippen molar-refractivity contribution in [1.29, 1.82) is 0 Å². The molecule has 0 heterocycles. The SMILES string of the molecule is CCCCC(CC)COC(=O)OC(CC)C(CC)OC(=O)OCC(CC)CCCC. The molecule has 0 saturated heterocycles. The van der Waals surface area contributed by atoms with Crippen LogP contribution in [0.2, 0.25) is 0 Å². The van der Waals surface area contributed by atoms with Gasteiger partial charge in [0, 0.05) is 0 Å². The molecule has 0 saturated carbocycles. The molecule has 0 fully saturated rings. The van der Waals surface area contributed by atoms with Gasteiger partial charge in [-0.1, -0.05) is 80.1 Å². The van der Waals surface area contributed by atoms with E-state index >= 15 is 0 Å². The summed E-state index contributed by atoms with van der Waals surface area (Å²) in [6.45, 7) is 13.0. The van der Waals surface area contributed by atoms with Crippen LogP contribution in [0.3, 0.4) is 0 Å². The van der Waals surface area contributed by atoms with E-state index in [0.29, 0.717) is 37.9 Å². The number of ether oxygens (including phenoxy) is 4. The number of carbonyl (C=O) groups is 2.